The van der Waals surface area contributed by atoms with Crippen LogP contribution in [0.3, 0.4) is 0 Å². The Hall–Kier alpha value is -3.15. The predicted molar refractivity (Wildman–Crippen MR) is 85.4 cm³/mol. The summed E-state index contributed by atoms with van der Waals surface area (Å²) in [5.41, 5.74) is 1.76. The summed E-state index contributed by atoms with van der Waals surface area (Å²) in [7, 11) is 0. The molecule has 0 atom stereocenters. The molecular weight excluding hydrogens is 296 g/mol. The van der Waals surface area contributed by atoms with Crippen LogP contribution < -0.4 is 0 Å². The molecule has 0 radical (unpaired) electrons. The molecule has 1 N–H and O–H groups in total. The van der Waals surface area contributed by atoms with Crippen molar-refractivity contribution in [3.63, 3.8) is 0 Å². The molecule has 0 bridgehead atoms. The fraction of sp³-hybridized carbons (Fsp3) is 0.118. The average Bonchev–Trinajstić information content (AvgIpc) is 3.00. The summed E-state index contributed by atoms with van der Waals surface area (Å²) in [5, 5.41) is 20.7. The second kappa shape index (κ2) is 5.92. The summed E-state index contributed by atoms with van der Waals surface area (Å²) in [6, 6.07) is 10.5. The summed E-state index contributed by atoms with van der Waals surface area (Å²) in [4.78, 5) is 22.4. The molecule has 0 spiro atoms. The highest BCUT2D eigenvalue weighted by Crippen LogP contribution is 2.32. The number of hydrogen-bond acceptors (Lipinski definition) is 3. The van der Waals surface area contributed by atoms with E-state index in [1.165, 1.54) is 6.07 Å². The maximum Gasteiger partial charge on any atom is 0.337 e. The van der Waals surface area contributed by atoms with E-state index in [0.29, 0.717) is 29.8 Å². The Morgan fingerprint density at radius 3 is 2.61 bits per heavy atom. The third kappa shape index (κ3) is 2.66. The van der Waals surface area contributed by atoms with Gasteiger partial charge in [-0.1, -0.05) is 36.4 Å². The summed E-state index contributed by atoms with van der Waals surface area (Å²) < 4.78 is 1.59. The molecule has 0 aliphatic heterocycles. The van der Waals surface area contributed by atoms with E-state index in [4.69, 9.17) is 0 Å². The highest BCUT2D eigenvalue weighted by atomic mass is 16.6. The van der Waals surface area contributed by atoms with Gasteiger partial charge in [0.25, 0.3) is 5.70 Å². The summed E-state index contributed by atoms with van der Waals surface area (Å²) >= 11 is 0. The van der Waals surface area contributed by atoms with Gasteiger partial charge in [-0.05, 0) is 24.1 Å². The van der Waals surface area contributed by atoms with E-state index >= 15 is 0 Å². The molecule has 0 unspecified atom stereocenters. The predicted octanol–water partition coefficient (Wildman–Crippen LogP) is 3.65. The molecule has 2 aromatic rings. The highest BCUT2D eigenvalue weighted by Gasteiger charge is 2.25. The number of hydrogen-bond donors (Lipinski definition) is 1. The monoisotopic (exact) mass is 310 g/mol. The molecule has 0 fully saturated rings. The number of nitro groups is 1. The van der Waals surface area contributed by atoms with Gasteiger partial charge in [0.05, 0.1) is 16.2 Å². The first kappa shape index (κ1) is 14.8. The zero-order chi connectivity index (χ0) is 16.4. The van der Waals surface area contributed by atoms with E-state index in [2.05, 4.69) is 0 Å². The number of allylic oxidation sites excluding steroid dienone is 4. The van der Waals surface area contributed by atoms with Crippen LogP contribution in [0.25, 0.3) is 17.0 Å². The first-order valence-electron chi connectivity index (χ1n) is 7.14. The topological polar surface area (TPSA) is 85.4 Å². The fourth-order valence-corrected chi connectivity index (χ4v) is 2.74. The van der Waals surface area contributed by atoms with Crippen LogP contribution in [0, 0.1) is 10.1 Å². The van der Waals surface area contributed by atoms with Crippen molar-refractivity contribution in [2.45, 2.75) is 12.8 Å². The molecule has 1 aromatic heterocycles. The number of aromatic nitrogens is 1. The standard InChI is InChI=1S/C17H14N2O4/c20-17(21)13-10-11-18(16(13)12-6-2-1-3-7-12)14-8-4-5-9-15(14)19(22)23/h1-4,6-8,10-11H,5,9H2,(H,20,21). The number of carbonyl (C=O) groups is 1. The van der Waals surface area contributed by atoms with E-state index in [9.17, 15) is 20.0 Å². The quantitative estimate of drug-likeness (QED) is 0.690. The molecule has 1 aliphatic rings. The Kier molecular flexibility index (Phi) is 3.80. The SMILES string of the molecule is O=C(O)c1ccn(C2=C([N+](=O)[O-])CCC=C2)c1-c1ccccc1. The van der Waals surface area contributed by atoms with Crippen LogP contribution in [0.4, 0.5) is 0 Å². The van der Waals surface area contributed by atoms with Crippen molar-refractivity contribution < 1.29 is 14.8 Å². The average molecular weight is 310 g/mol. The molecular formula is C17H14N2O4. The van der Waals surface area contributed by atoms with Gasteiger partial charge in [-0.2, -0.15) is 0 Å². The Morgan fingerprint density at radius 2 is 1.96 bits per heavy atom. The minimum atomic E-state index is -1.06. The molecule has 116 valence electrons. The first-order valence-corrected chi connectivity index (χ1v) is 7.14. The summed E-state index contributed by atoms with van der Waals surface area (Å²) in [6.07, 6.45) is 6.04. The minimum absolute atomic E-state index is 0.0946. The zero-order valence-electron chi connectivity index (χ0n) is 12.2. The molecule has 1 heterocycles. The lowest BCUT2D eigenvalue weighted by molar-refractivity contribution is -0.427. The van der Waals surface area contributed by atoms with Crippen LogP contribution in [0.1, 0.15) is 23.2 Å². The molecule has 23 heavy (non-hydrogen) atoms. The molecule has 0 amide bonds. The van der Waals surface area contributed by atoms with Crippen LogP contribution in [0.2, 0.25) is 0 Å². The van der Waals surface area contributed by atoms with Crippen molar-refractivity contribution in [3.05, 3.63) is 76.1 Å². The Bertz CT molecular complexity index is 832. The lowest BCUT2D eigenvalue weighted by Crippen LogP contribution is -2.10. The van der Waals surface area contributed by atoms with Gasteiger partial charge in [0.2, 0.25) is 0 Å². The maximum absolute atomic E-state index is 11.5. The van der Waals surface area contributed by atoms with Gasteiger partial charge in [0.15, 0.2) is 0 Å². The second-order valence-electron chi connectivity index (χ2n) is 5.15. The molecule has 1 aliphatic carbocycles. The van der Waals surface area contributed by atoms with Gasteiger partial charge in [0, 0.05) is 12.6 Å². The van der Waals surface area contributed by atoms with Crippen LogP contribution in [-0.2, 0) is 0 Å². The number of rotatable bonds is 4. The van der Waals surface area contributed by atoms with Gasteiger partial charge in [-0.25, -0.2) is 4.79 Å². The van der Waals surface area contributed by atoms with Gasteiger partial charge in [-0.15, -0.1) is 0 Å². The minimum Gasteiger partial charge on any atom is -0.478 e. The molecule has 3 rings (SSSR count). The Labute approximate surface area is 132 Å². The zero-order valence-corrected chi connectivity index (χ0v) is 12.2. The van der Waals surface area contributed by atoms with Crippen LogP contribution in [0.15, 0.2) is 60.4 Å². The Morgan fingerprint density at radius 1 is 1.22 bits per heavy atom. The summed E-state index contributed by atoms with van der Waals surface area (Å²) in [6.45, 7) is 0. The normalized spacial score (nSPS) is 14.1. The fourth-order valence-electron chi connectivity index (χ4n) is 2.74. The van der Waals surface area contributed by atoms with E-state index < -0.39 is 10.9 Å². The van der Waals surface area contributed by atoms with Gasteiger partial charge < -0.3 is 9.67 Å². The van der Waals surface area contributed by atoms with E-state index in [1.807, 2.05) is 12.1 Å². The van der Waals surface area contributed by atoms with E-state index in [0.717, 1.165) is 0 Å². The van der Waals surface area contributed by atoms with Crippen LogP contribution in [0.5, 0.6) is 0 Å². The van der Waals surface area contributed by atoms with E-state index in [1.54, 1.807) is 41.1 Å². The van der Waals surface area contributed by atoms with Crippen LogP contribution >= 0.6 is 0 Å². The molecule has 6 nitrogen and oxygen atoms in total. The van der Waals surface area contributed by atoms with E-state index in [-0.39, 0.29) is 11.3 Å². The molecule has 0 saturated carbocycles. The van der Waals surface area contributed by atoms with Gasteiger partial charge in [-0.3, -0.25) is 10.1 Å². The second-order valence-corrected chi connectivity index (χ2v) is 5.15. The number of aromatic carboxylic acids is 1. The van der Waals surface area contributed by atoms with Crippen molar-refractivity contribution in [2.75, 3.05) is 0 Å². The molecule has 1 aromatic carbocycles. The largest absolute Gasteiger partial charge is 0.478 e. The summed E-state index contributed by atoms with van der Waals surface area (Å²) in [5.74, 6) is -1.06. The number of carboxylic acids is 1. The number of benzene rings is 1. The van der Waals surface area contributed by atoms with Crippen molar-refractivity contribution >= 4 is 11.7 Å². The third-order valence-corrected chi connectivity index (χ3v) is 3.76. The Balaban J connectivity index is 2.27. The van der Waals surface area contributed by atoms with Gasteiger partial charge in [0.1, 0.15) is 5.70 Å². The third-order valence-electron chi connectivity index (χ3n) is 3.76. The highest BCUT2D eigenvalue weighted by molar-refractivity contribution is 5.96. The smallest absolute Gasteiger partial charge is 0.337 e. The lowest BCUT2D eigenvalue weighted by Gasteiger charge is -2.14. The van der Waals surface area contributed by atoms with Crippen LogP contribution in [-0.4, -0.2) is 20.6 Å². The van der Waals surface area contributed by atoms with Crippen molar-refractivity contribution in [2.24, 2.45) is 0 Å². The van der Waals surface area contributed by atoms with Crippen molar-refractivity contribution in [3.8, 4) is 11.3 Å². The number of carboxylic acid groups (broad SMARTS) is 1. The number of nitrogens with zero attached hydrogens (tertiary/aromatic N) is 2. The van der Waals surface area contributed by atoms with Gasteiger partial charge >= 0.3 is 5.97 Å². The molecule has 6 heteroatoms. The maximum atomic E-state index is 11.5. The lowest BCUT2D eigenvalue weighted by atomic mass is 10.1. The first-order chi connectivity index (χ1) is 11.1. The van der Waals surface area contributed by atoms with Crippen molar-refractivity contribution in [1.82, 2.24) is 4.57 Å². The molecule has 0 saturated heterocycles. The van der Waals surface area contributed by atoms with Crippen molar-refractivity contribution in [1.29, 1.82) is 0 Å².